The number of aliphatic hydroxyl groups is 2. The van der Waals surface area contributed by atoms with Crippen LogP contribution in [-0.2, 0) is 9.59 Å². The third-order valence-electron chi connectivity index (χ3n) is 7.43. The van der Waals surface area contributed by atoms with Gasteiger partial charge < -0.3 is 25.7 Å². The Morgan fingerprint density at radius 3 is 2.39 bits per heavy atom. The molecule has 0 bridgehead atoms. The average molecular weight is 669 g/mol. The van der Waals surface area contributed by atoms with Gasteiger partial charge in [0.05, 0.1) is 18.1 Å². The molecule has 4 N–H and O–H groups in total. The van der Waals surface area contributed by atoms with E-state index in [1.54, 1.807) is 16.4 Å². The van der Waals surface area contributed by atoms with Crippen LogP contribution in [0.25, 0.3) is 11.2 Å². The molecule has 12 nitrogen and oxygen atoms in total. The van der Waals surface area contributed by atoms with E-state index in [1.807, 2.05) is 37.4 Å². The van der Waals surface area contributed by atoms with Gasteiger partial charge in [-0.05, 0) is 37.8 Å². The maximum atomic E-state index is 13.0. The summed E-state index contributed by atoms with van der Waals surface area (Å²) in [6.45, 7) is 6.71. The Morgan fingerprint density at radius 1 is 1.07 bits per heavy atom. The Balaban J connectivity index is 0.000000738. The summed E-state index contributed by atoms with van der Waals surface area (Å²) in [5, 5.41) is 37.2. The molecule has 254 valence electrons. The standard InChI is InChI=1S/C27H40N8O3S.C3H3F3O/c1-4-6-13-28-24-21-25(31-27(30-24)39-16-5-2)35(33-32-21)20-17-19(22(36)23(20)37)26(38)29-14-10-15-34(3)18-11-8-7-9-12-18;1-2(7)3(4,5)6/h7-9,11-12,19-20,22-23,36-37H,4-6,10,13-17H2,1-3H3,(H,29,38)(H,28,30,31);1H3/t19-,20+,22+,23-;/m0./s1. The molecule has 16 heteroatoms. The highest BCUT2D eigenvalue weighted by Gasteiger charge is 2.47. The van der Waals surface area contributed by atoms with E-state index in [0.29, 0.717) is 35.6 Å². The van der Waals surface area contributed by atoms with E-state index in [-0.39, 0.29) is 12.3 Å². The minimum atomic E-state index is -4.64. The highest BCUT2D eigenvalue weighted by Crippen LogP contribution is 2.37. The predicted molar refractivity (Wildman–Crippen MR) is 171 cm³/mol. The van der Waals surface area contributed by atoms with Crippen molar-refractivity contribution in [3.8, 4) is 0 Å². The van der Waals surface area contributed by atoms with E-state index in [2.05, 4.69) is 49.7 Å². The summed E-state index contributed by atoms with van der Waals surface area (Å²) >= 11 is 1.55. The average Bonchev–Trinajstić information content (AvgIpc) is 3.58. The van der Waals surface area contributed by atoms with E-state index >= 15 is 0 Å². The van der Waals surface area contributed by atoms with Crippen LogP contribution in [0.4, 0.5) is 24.7 Å². The van der Waals surface area contributed by atoms with Crippen molar-refractivity contribution in [2.75, 3.05) is 42.7 Å². The lowest BCUT2D eigenvalue weighted by molar-refractivity contribution is -0.168. The van der Waals surface area contributed by atoms with Crippen molar-refractivity contribution in [3.05, 3.63) is 30.3 Å². The molecule has 0 unspecified atom stereocenters. The monoisotopic (exact) mass is 668 g/mol. The second-order valence-electron chi connectivity index (χ2n) is 11.0. The quantitative estimate of drug-likeness (QED) is 0.112. The third-order valence-corrected chi connectivity index (χ3v) is 8.48. The number of ketones is 1. The number of Topliss-reactive ketones (excluding diaryl/α,β-unsaturated/α-hetero) is 1. The van der Waals surface area contributed by atoms with Gasteiger partial charge in [-0.3, -0.25) is 9.59 Å². The minimum Gasteiger partial charge on any atom is -0.390 e. The first kappa shape index (κ1) is 37.0. The number of carbonyl (C=O) groups is 2. The fourth-order valence-corrected chi connectivity index (χ4v) is 5.47. The van der Waals surface area contributed by atoms with Crippen molar-refractivity contribution in [1.29, 1.82) is 0 Å². The van der Waals surface area contributed by atoms with Gasteiger partial charge in [0.15, 0.2) is 22.1 Å². The van der Waals surface area contributed by atoms with Gasteiger partial charge in [0.25, 0.3) is 0 Å². The molecule has 1 fully saturated rings. The minimum absolute atomic E-state index is 0.233. The molecule has 1 amide bonds. The summed E-state index contributed by atoms with van der Waals surface area (Å²) in [7, 11) is 2.02. The van der Waals surface area contributed by atoms with Crippen molar-refractivity contribution in [1.82, 2.24) is 30.3 Å². The van der Waals surface area contributed by atoms with Crippen LogP contribution < -0.4 is 15.5 Å². The first-order valence-corrected chi connectivity index (χ1v) is 16.3. The lowest BCUT2D eigenvalue weighted by Crippen LogP contribution is -2.39. The number of fused-ring (bicyclic) bond motifs is 1. The number of nitrogens with one attached hydrogen (secondary N) is 2. The molecular weight excluding hydrogens is 625 g/mol. The summed E-state index contributed by atoms with van der Waals surface area (Å²) < 4.78 is 34.0. The maximum absolute atomic E-state index is 13.0. The Hall–Kier alpha value is -3.50. The number of halogens is 3. The second kappa shape index (κ2) is 17.4. The Morgan fingerprint density at radius 2 is 1.76 bits per heavy atom. The summed E-state index contributed by atoms with van der Waals surface area (Å²) in [4.78, 5) is 33.8. The molecule has 0 aliphatic heterocycles. The SMILES string of the molecule is CC(=O)C(F)(F)F.CCCCNc1nc(SCCC)nc2c1nnn2[C@@H]1C[C@H](C(=O)NCCCN(C)c2ccccc2)[C@@H](O)[C@H]1O. The number of para-hydroxylation sites is 1. The number of amides is 1. The molecule has 4 rings (SSSR count). The van der Waals surface area contributed by atoms with Crippen LogP contribution in [0.15, 0.2) is 35.5 Å². The summed E-state index contributed by atoms with van der Waals surface area (Å²) in [5.41, 5.74) is 2.12. The first-order chi connectivity index (χ1) is 21.9. The van der Waals surface area contributed by atoms with Gasteiger partial charge in [0.1, 0.15) is 6.10 Å². The fourth-order valence-electron chi connectivity index (χ4n) is 4.78. The van der Waals surface area contributed by atoms with E-state index in [4.69, 9.17) is 0 Å². The number of unbranched alkanes of at least 4 members (excludes halogenated alkanes) is 1. The molecule has 2 heterocycles. The third kappa shape index (κ3) is 10.00. The predicted octanol–water partition coefficient (Wildman–Crippen LogP) is 4.00. The molecule has 1 aliphatic carbocycles. The van der Waals surface area contributed by atoms with Crippen molar-refractivity contribution >= 4 is 46.1 Å². The highest BCUT2D eigenvalue weighted by molar-refractivity contribution is 7.99. The zero-order chi connectivity index (χ0) is 33.9. The Kier molecular flexibility index (Phi) is 14.0. The number of aromatic nitrogens is 5. The second-order valence-corrected chi connectivity index (χ2v) is 12.1. The topological polar surface area (TPSA) is 158 Å². The Bertz CT molecular complexity index is 1410. The van der Waals surface area contributed by atoms with Crippen LogP contribution in [-0.4, -0.2) is 97.7 Å². The molecule has 1 saturated carbocycles. The van der Waals surface area contributed by atoms with Crippen LogP contribution in [0.2, 0.25) is 0 Å². The van der Waals surface area contributed by atoms with E-state index in [9.17, 15) is 33.0 Å². The van der Waals surface area contributed by atoms with Gasteiger partial charge in [0, 0.05) is 45.0 Å². The lowest BCUT2D eigenvalue weighted by atomic mass is 10.0. The number of hydrogen-bond donors (Lipinski definition) is 4. The van der Waals surface area contributed by atoms with Crippen LogP contribution in [0, 0.1) is 5.92 Å². The van der Waals surface area contributed by atoms with E-state index in [1.165, 1.54) is 0 Å². The first-order valence-electron chi connectivity index (χ1n) is 15.4. The lowest BCUT2D eigenvalue weighted by Gasteiger charge is -2.20. The van der Waals surface area contributed by atoms with Gasteiger partial charge in [-0.25, -0.2) is 14.6 Å². The van der Waals surface area contributed by atoms with Gasteiger partial charge in [0.2, 0.25) is 11.7 Å². The fraction of sp³-hybridized carbons (Fsp3) is 0.600. The normalized spacial score (nSPS) is 19.4. The zero-order valence-corrected chi connectivity index (χ0v) is 27.3. The molecule has 46 heavy (non-hydrogen) atoms. The van der Waals surface area contributed by atoms with Crippen molar-refractivity contribution in [2.45, 2.75) is 82.5 Å². The van der Waals surface area contributed by atoms with Crippen molar-refractivity contribution in [2.24, 2.45) is 5.92 Å². The van der Waals surface area contributed by atoms with Crippen LogP contribution in [0.5, 0.6) is 0 Å². The Labute approximate surface area is 270 Å². The number of hydrogen-bond acceptors (Lipinski definition) is 11. The highest BCUT2D eigenvalue weighted by atomic mass is 32.2. The van der Waals surface area contributed by atoms with Crippen LogP contribution in [0.3, 0.4) is 0 Å². The van der Waals surface area contributed by atoms with Gasteiger partial charge in [-0.1, -0.05) is 55.4 Å². The molecule has 1 aliphatic rings. The number of alkyl halides is 3. The summed E-state index contributed by atoms with van der Waals surface area (Å²) in [6, 6.07) is 9.43. The number of carbonyl (C=O) groups excluding carboxylic acids is 2. The van der Waals surface area contributed by atoms with E-state index < -0.39 is 36.1 Å². The molecule has 0 spiro atoms. The molecule has 4 atom stereocenters. The molecule has 1 aromatic carbocycles. The van der Waals surface area contributed by atoms with Gasteiger partial charge >= 0.3 is 6.18 Å². The molecule has 2 aromatic heterocycles. The van der Waals surface area contributed by atoms with Crippen LogP contribution >= 0.6 is 11.8 Å². The van der Waals surface area contributed by atoms with Gasteiger partial charge in [-0.2, -0.15) is 13.2 Å². The van der Waals surface area contributed by atoms with Crippen LogP contribution in [0.1, 0.15) is 58.9 Å². The number of benzene rings is 1. The summed E-state index contributed by atoms with van der Waals surface area (Å²) in [5.74, 6) is -1.30. The largest absolute Gasteiger partial charge is 0.449 e. The van der Waals surface area contributed by atoms with Crippen molar-refractivity contribution in [3.63, 3.8) is 0 Å². The van der Waals surface area contributed by atoms with E-state index in [0.717, 1.165) is 50.2 Å². The molecular formula is C30H43F3N8O4S. The van der Waals surface area contributed by atoms with Crippen molar-refractivity contribution < 1.29 is 33.0 Å². The number of aliphatic hydroxyl groups excluding tert-OH is 2. The number of nitrogens with zero attached hydrogens (tertiary/aromatic N) is 6. The number of anilines is 2. The smallest absolute Gasteiger partial charge is 0.390 e. The zero-order valence-electron chi connectivity index (χ0n) is 26.5. The van der Waals surface area contributed by atoms with Gasteiger partial charge in [-0.15, -0.1) is 5.10 Å². The summed E-state index contributed by atoms with van der Waals surface area (Å²) in [6.07, 6.45) is -3.02. The number of thioether (sulfide) groups is 1. The number of rotatable bonds is 14. The molecule has 0 radical (unpaired) electrons. The molecule has 0 saturated heterocycles. The molecule has 3 aromatic rings. The maximum Gasteiger partial charge on any atom is 0.449 e.